The Hall–Kier alpha value is -0.900. The Bertz CT molecular complexity index is 390. The first-order valence-electron chi connectivity index (χ1n) is 5.09. The van der Waals surface area contributed by atoms with Crippen LogP contribution in [0.5, 0.6) is 0 Å². The first-order valence-corrected chi connectivity index (χ1v) is 5.88. The van der Waals surface area contributed by atoms with Gasteiger partial charge in [0.1, 0.15) is 5.82 Å². The third-order valence-corrected chi connectivity index (χ3v) is 3.26. The molecule has 1 N–H and O–H groups in total. The average molecular weight is 289 g/mol. The van der Waals surface area contributed by atoms with Gasteiger partial charge >= 0.3 is 5.97 Å². The third-order valence-electron chi connectivity index (χ3n) is 2.68. The molecular weight excluding hydrogens is 275 g/mol. The molecule has 1 aromatic carbocycles. The fraction of sp³-hybridized carbons (Fsp3) is 0.417. The average Bonchev–Trinajstić information content (AvgIpc) is 2.20. The van der Waals surface area contributed by atoms with Gasteiger partial charge < -0.3 is 5.11 Å². The molecule has 0 aliphatic heterocycles. The molecule has 88 valence electrons. The second-order valence-corrected chi connectivity index (χ2v) is 4.69. The largest absolute Gasteiger partial charge is 0.481 e. The molecule has 0 atom stereocenters. The van der Waals surface area contributed by atoms with Gasteiger partial charge in [-0.15, -0.1) is 0 Å². The van der Waals surface area contributed by atoms with Crippen LogP contribution >= 0.6 is 15.9 Å². The molecule has 0 aromatic heterocycles. The second kappa shape index (κ2) is 5.43. The van der Waals surface area contributed by atoms with Crippen LogP contribution in [-0.2, 0) is 11.2 Å². The Morgan fingerprint density at radius 2 is 2.12 bits per heavy atom. The molecule has 0 spiro atoms. The topological polar surface area (TPSA) is 37.3 Å². The molecule has 1 aromatic rings. The molecule has 16 heavy (non-hydrogen) atoms. The summed E-state index contributed by atoms with van der Waals surface area (Å²) in [5.41, 5.74) is 2.54. The first kappa shape index (κ1) is 13.2. The van der Waals surface area contributed by atoms with Crippen LogP contribution in [0.25, 0.3) is 0 Å². The summed E-state index contributed by atoms with van der Waals surface area (Å²) in [6.07, 6.45) is 0.998. The van der Waals surface area contributed by atoms with Crippen LogP contribution in [0, 0.1) is 19.7 Å². The van der Waals surface area contributed by atoms with Gasteiger partial charge in [-0.05, 0) is 65.4 Å². The fourth-order valence-corrected chi connectivity index (χ4v) is 2.20. The number of aryl methyl sites for hydroxylation is 1. The molecular formula is C12H14BrFO2. The van der Waals surface area contributed by atoms with Crippen molar-refractivity contribution in [2.75, 3.05) is 0 Å². The minimum absolute atomic E-state index is 0.0739. The molecule has 0 aliphatic carbocycles. The van der Waals surface area contributed by atoms with Crippen LogP contribution in [0.2, 0.25) is 0 Å². The van der Waals surface area contributed by atoms with Gasteiger partial charge in [-0.3, -0.25) is 4.79 Å². The van der Waals surface area contributed by atoms with Crippen LogP contribution in [0.4, 0.5) is 4.39 Å². The summed E-state index contributed by atoms with van der Waals surface area (Å²) in [5, 5.41) is 8.54. The Balaban J connectivity index is 2.90. The lowest BCUT2D eigenvalue weighted by Crippen LogP contribution is -2.01. The molecule has 2 nitrogen and oxygen atoms in total. The highest BCUT2D eigenvalue weighted by Crippen LogP contribution is 2.26. The SMILES string of the molecule is Cc1cc(Br)c(F)c(CCCC(=O)O)c1C. The number of rotatable bonds is 4. The molecule has 0 bridgehead atoms. The Kier molecular flexibility index (Phi) is 4.47. The highest BCUT2D eigenvalue weighted by molar-refractivity contribution is 9.10. The lowest BCUT2D eigenvalue weighted by Gasteiger charge is -2.11. The summed E-state index contributed by atoms with van der Waals surface area (Å²) in [7, 11) is 0. The lowest BCUT2D eigenvalue weighted by molar-refractivity contribution is -0.137. The zero-order chi connectivity index (χ0) is 12.3. The standard InChI is InChI=1S/C12H14BrFO2/c1-7-6-10(13)12(14)9(8(7)2)4-3-5-11(15)16/h6H,3-5H2,1-2H3,(H,15,16). The van der Waals surface area contributed by atoms with E-state index in [1.54, 1.807) is 6.07 Å². The van der Waals surface area contributed by atoms with Crippen molar-refractivity contribution in [3.05, 3.63) is 33.0 Å². The molecule has 0 heterocycles. The summed E-state index contributed by atoms with van der Waals surface area (Å²) < 4.78 is 14.2. The summed E-state index contributed by atoms with van der Waals surface area (Å²) in [6.45, 7) is 3.78. The van der Waals surface area contributed by atoms with Crippen molar-refractivity contribution in [3.8, 4) is 0 Å². The molecule has 0 amide bonds. The van der Waals surface area contributed by atoms with Crippen molar-refractivity contribution in [1.82, 2.24) is 0 Å². The maximum atomic E-state index is 13.8. The van der Waals surface area contributed by atoms with Crippen molar-refractivity contribution in [1.29, 1.82) is 0 Å². The zero-order valence-electron chi connectivity index (χ0n) is 9.31. The Morgan fingerprint density at radius 3 is 2.69 bits per heavy atom. The number of benzene rings is 1. The summed E-state index contributed by atoms with van der Waals surface area (Å²) >= 11 is 3.16. The van der Waals surface area contributed by atoms with E-state index in [4.69, 9.17) is 5.11 Å². The second-order valence-electron chi connectivity index (χ2n) is 3.84. The lowest BCUT2D eigenvalue weighted by atomic mass is 9.98. The van der Waals surface area contributed by atoms with Gasteiger partial charge in [0.25, 0.3) is 0 Å². The minimum atomic E-state index is -0.843. The summed E-state index contributed by atoms with van der Waals surface area (Å²) in [5.74, 6) is -1.11. The van der Waals surface area contributed by atoms with Crippen LogP contribution in [0.1, 0.15) is 29.5 Å². The van der Waals surface area contributed by atoms with E-state index in [1.165, 1.54) is 0 Å². The fourth-order valence-electron chi connectivity index (χ4n) is 1.62. The normalized spacial score (nSPS) is 10.5. The van der Waals surface area contributed by atoms with Gasteiger partial charge in [0.05, 0.1) is 4.47 Å². The number of halogens is 2. The van der Waals surface area contributed by atoms with Gasteiger partial charge in [-0.25, -0.2) is 4.39 Å². The van der Waals surface area contributed by atoms with Crippen molar-refractivity contribution >= 4 is 21.9 Å². The van der Waals surface area contributed by atoms with E-state index in [9.17, 15) is 9.18 Å². The van der Waals surface area contributed by atoms with Crippen LogP contribution in [0.15, 0.2) is 10.5 Å². The number of aliphatic carboxylic acids is 1. The van der Waals surface area contributed by atoms with Crippen LogP contribution in [0.3, 0.4) is 0 Å². The van der Waals surface area contributed by atoms with Gasteiger partial charge in [0.15, 0.2) is 0 Å². The van der Waals surface area contributed by atoms with E-state index in [1.807, 2.05) is 13.8 Å². The smallest absolute Gasteiger partial charge is 0.303 e. The van der Waals surface area contributed by atoms with Gasteiger partial charge in [-0.2, -0.15) is 0 Å². The molecule has 0 saturated heterocycles. The predicted octanol–water partition coefficient (Wildman–Crippen LogP) is 3.61. The minimum Gasteiger partial charge on any atom is -0.481 e. The van der Waals surface area contributed by atoms with Crippen molar-refractivity contribution in [2.45, 2.75) is 33.1 Å². The van der Waals surface area contributed by atoms with E-state index < -0.39 is 5.97 Å². The molecule has 4 heteroatoms. The molecule has 0 aliphatic rings. The maximum Gasteiger partial charge on any atom is 0.303 e. The van der Waals surface area contributed by atoms with Crippen molar-refractivity contribution in [3.63, 3.8) is 0 Å². The monoisotopic (exact) mass is 288 g/mol. The number of carboxylic acids is 1. The summed E-state index contributed by atoms with van der Waals surface area (Å²) in [4.78, 5) is 10.4. The summed E-state index contributed by atoms with van der Waals surface area (Å²) in [6, 6.07) is 1.74. The molecule has 0 radical (unpaired) electrons. The van der Waals surface area contributed by atoms with Gasteiger partial charge in [-0.1, -0.05) is 0 Å². The number of hydrogen-bond donors (Lipinski definition) is 1. The van der Waals surface area contributed by atoms with E-state index in [0.29, 0.717) is 22.9 Å². The number of carbonyl (C=O) groups is 1. The van der Waals surface area contributed by atoms with E-state index in [2.05, 4.69) is 15.9 Å². The maximum absolute atomic E-state index is 13.8. The van der Waals surface area contributed by atoms with E-state index in [-0.39, 0.29) is 12.2 Å². The van der Waals surface area contributed by atoms with Crippen molar-refractivity contribution < 1.29 is 14.3 Å². The van der Waals surface area contributed by atoms with Crippen molar-refractivity contribution in [2.24, 2.45) is 0 Å². The quantitative estimate of drug-likeness (QED) is 0.919. The van der Waals surface area contributed by atoms with Gasteiger partial charge in [0.2, 0.25) is 0 Å². The van der Waals surface area contributed by atoms with E-state index in [0.717, 1.165) is 11.1 Å². The molecule has 1 rings (SSSR count). The van der Waals surface area contributed by atoms with Crippen LogP contribution in [-0.4, -0.2) is 11.1 Å². The van der Waals surface area contributed by atoms with Gasteiger partial charge in [0, 0.05) is 6.42 Å². The van der Waals surface area contributed by atoms with E-state index >= 15 is 0 Å². The molecule has 0 saturated carbocycles. The Labute approximate surface area is 103 Å². The third kappa shape index (κ3) is 3.04. The Morgan fingerprint density at radius 1 is 1.50 bits per heavy atom. The first-order chi connectivity index (χ1) is 7.43. The zero-order valence-corrected chi connectivity index (χ0v) is 10.9. The van der Waals surface area contributed by atoms with Crippen LogP contribution < -0.4 is 0 Å². The number of carboxylic acid groups (broad SMARTS) is 1. The highest BCUT2D eigenvalue weighted by Gasteiger charge is 2.12. The highest BCUT2D eigenvalue weighted by atomic mass is 79.9. The number of hydrogen-bond acceptors (Lipinski definition) is 1. The predicted molar refractivity (Wildman–Crippen MR) is 64.1 cm³/mol. The molecule has 0 unspecified atom stereocenters. The molecule has 0 fully saturated rings.